The third kappa shape index (κ3) is 6.92. The zero-order valence-electron chi connectivity index (χ0n) is 13.3. The van der Waals surface area contributed by atoms with Crippen molar-refractivity contribution in [3.05, 3.63) is 34.9 Å². The van der Waals surface area contributed by atoms with E-state index in [2.05, 4.69) is 5.32 Å². The predicted molar refractivity (Wildman–Crippen MR) is 93.4 cm³/mol. The number of halogens is 1. The van der Waals surface area contributed by atoms with Gasteiger partial charge in [0.25, 0.3) is 0 Å². The first-order valence-corrected chi connectivity index (χ1v) is 10.4. The van der Waals surface area contributed by atoms with Crippen molar-refractivity contribution in [2.24, 2.45) is 5.92 Å². The van der Waals surface area contributed by atoms with Gasteiger partial charge in [-0.3, -0.25) is 4.79 Å². The van der Waals surface area contributed by atoms with E-state index >= 15 is 0 Å². The molecule has 2 rings (SSSR count). The van der Waals surface area contributed by atoms with Crippen LogP contribution in [0.5, 0.6) is 0 Å². The largest absolute Gasteiger partial charge is 0.356 e. The first kappa shape index (κ1) is 18.3. The molecule has 1 aliphatic heterocycles. The summed E-state index contributed by atoms with van der Waals surface area (Å²) in [7, 11) is -2.79. The molecule has 1 saturated heterocycles. The molecule has 0 saturated carbocycles. The quantitative estimate of drug-likeness (QED) is 0.727. The predicted octanol–water partition coefficient (Wildman–Crippen LogP) is 2.99. The van der Waals surface area contributed by atoms with Crippen LogP contribution in [0.2, 0.25) is 5.02 Å². The van der Waals surface area contributed by atoms with Gasteiger partial charge in [-0.25, -0.2) is 8.42 Å². The van der Waals surface area contributed by atoms with Crippen LogP contribution < -0.4 is 5.32 Å². The highest BCUT2D eigenvalue weighted by molar-refractivity contribution is 7.91. The van der Waals surface area contributed by atoms with E-state index in [9.17, 15) is 13.2 Å². The van der Waals surface area contributed by atoms with Crippen LogP contribution in [0.3, 0.4) is 0 Å². The molecule has 1 heterocycles. The third-order valence-electron chi connectivity index (χ3n) is 4.20. The number of benzene rings is 1. The van der Waals surface area contributed by atoms with Crippen molar-refractivity contribution in [2.45, 2.75) is 38.5 Å². The maximum absolute atomic E-state index is 11.8. The van der Waals surface area contributed by atoms with Gasteiger partial charge in [-0.15, -0.1) is 0 Å². The Hall–Kier alpha value is -1.07. The number of amides is 1. The number of sulfone groups is 1. The van der Waals surface area contributed by atoms with E-state index in [0.29, 0.717) is 24.5 Å². The molecule has 0 bridgehead atoms. The van der Waals surface area contributed by atoms with Crippen molar-refractivity contribution >= 4 is 27.3 Å². The molecular formula is C17H24ClNO3S. The molecule has 0 aromatic heterocycles. The SMILES string of the molecule is O=C(CCCc1cccc(Cl)c1)NCCCC1CCS(=O)(=O)C1. The van der Waals surface area contributed by atoms with Crippen LogP contribution in [0.25, 0.3) is 0 Å². The van der Waals surface area contributed by atoms with Crippen molar-refractivity contribution in [1.29, 1.82) is 0 Å². The summed E-state index contributed by atoms with van der Waals surface area (Å²) in [6, 6.07) is 7.70. The summed E-state index contributed by atoms with van der Waals surface area (Å²) in [5.74, 6) is 0.986. The van der Waals surface area contributed by atoms with Crippen molar-refractivity contribution in [3.63, 3.8) is 0 Å². The fourth-order valence-corrected chi connectivity index (χ4v) is 5.08. The zero-order valence-corrected chi connectivity index (χ0v) is 14.8. The topological polar surface area (TPSA) is 63.2 Å². The van der Waals surface area contributed by atoms with Gasteiger partial charge in [-0.2, -0.15) is 0 Å². The van der Waals surface area contributed by atoms with Crippen LogP contribution in [0, 0.1) is 5.92 Å². The summed E-state index contributed by atoms with van der Waals surface area (Å²) in [4.78, 5) is 11.8. The first-order chi connectivity index (χ1) is 10.9. The van der Waals surface area contributed by atoms with Crippen LogP contribution in [-0.4, -0.2) is 32.4 Å². The summed E-state index contributed by atoms with van der Waals surface area (Å²) in [5.41, 5.74) is 1.15. The van der Waals surface area contributed by atoms with E-state index in [0.717, 1.165) is 42.7 Å². The van der Waals surface area contributed by atoms with Gasteiger partial charge >= 0.3 is 0 Å². The molecule has 1 atom stereocenters. The summed E-state index contributed by atoms with van der Waals surface area (Å²) in [5, 5.41) is 3.63. The Balaban J connectivity index is 1.53. The highest BCUT2D eigenvalue weighted by Gasteiger charge is 2.27. The lowest BCUT2D eigenvalue weighted by Crippen LogP contribution is -2.24. The number of hydrogen-bond donors (Lipinski definition) is 1. The van der Waals surface area contributed by atoms with Crippen LogP contribution in [-0.2, 0) is 21.1 Å². The van der Waals surface area contributed by atoms with Gasteiger partial charge < -0.3 is 5.32 Å². The minimum atomic E-state index is -2.79. The monoisotopic (exact) mass is 357 g/mol. The molecule has 23 heavy (non-hydrogen) atoms. The Morgan fingerprint density at radius 3 is 2.83 bits per heavy atom. The third-order valence-corrected chi connectivity index (χ3v) is 6.27. The number of carbonyl (C=O) groups is 1. The molecule has 1 fully saturated rings. The second kappa shape index (κ2) is 8.69. The molecule has 1 unspecified atom stereocenters. The van der Waals surface area contributed by atoms with E-state index in [1.165, 1.54) is 0 Å². The fourth-order valence-electron chi connectivity index (χ4n) is 2.95. The highest BCUT2D eigenvalue weighted by Crippen LogP contribution is 2.22. The molecule has 1 aliphatic rings. The number of hydrogen-bond acceptors (Lipinski definition) is 3. The average Bonchev–Trinajstić information content (AvgIpc) is 2.83. The fraction of sp³-hybridized carbons (Fsp3) is 0.588. The maximum atomic E-state index is 11.8. The van der Waals surface area contributed by atoms with E-state index in [-0.39, 0.29) is 11.8 Å². The van der Waals surface area contributed by atoms with Crippen LogP contribution >= 0.6 is 11.6 Å². The molecule has 128 valence electrons. The summed E-state index contributed by atoms with van der Waals surface area (Å²) in [6.45, 7) is 0.631. The van der Waals surface area contributed by atoms with Gasteiger partial charge in [0.15, 0.2) is 9.84 Å². The van der Waals surface area contributed by atoms with Crippen molar-refractivity contribution in [2.75, 3.05) is 18.1 Å². The normalized spacial score (nSPS) is 19.6. The van der Waals surface area contributed by atoms with Gasteiger partial charge in [-0.05, 0) is 55.7 Å². The Kier molecular flexibility index (Phi) is 6.90. The van der Waals surface area contributed by atoms with Gasteiger partial charge in [0, 0.05) is 18.0 Å². The maximum Gasteiger partial charge on any atom is 0.220 e. The molecule has 4 nitrogen and oxygen atoms in total. The molecule has 1 N–H and O–H groups in total. The Morgan fingerprint density at radius 1 is 1.30 bits per heavy atom. The van der Waals surface area contributed by atoms with Gasteiger partial charge in [0.1, 0.15) is 0 Å². The summed E-state index contributed by atoms with van der Waals surface area (Å²) in [6.07, 6.45) is 4.64. The van der Waals surface area contributed by atoms with Crippen molar-refractivity contribution in [1.82, 2.24) is 5.32 Å². The lowest BCUT2D eigenvalue weighted by Gasteiger charge is -2.08. The molecule has 1 aromatic carbocycles. The number of aryl methyl sites for hydroxylation is 1. The standard InChI is InChI=1S/C17H24ClNO3S/c18-16-7-1-4-14(12-16)5-2-8-17(20)19-10-3-6-15-9-11-23(21,22)13-15/h1,4,7,12,15H,2-3,5-6,8-11,13H2,(H,19,20). The number of rotatable bonds is 8. The molecular weight excluding hydrogens is 334 g/mol. The minimum Gasteiger partial charge on any atom is -0.356 e. The van der Waals surface area contributed by atoms with Crippen LogP contribution in [0.1, 0.15) is 37.7 Å². The number of carbonyl (C=O) groups excluding carboxylic acids is 1. The first-order valence-electron chi connectivity index (χ1n) is 8.16. The lowest BCUT2D eigenvalue weighted by molar-refractivity contribution is -0.121. The zero-order chi connectivity index (χ0) is 16.7. The Labute approximate surface area is 143 Å². The Morgan fingerprint density at radius 2 is 2.13 bits per heavy atom. The van der Waals surface area contributed by atoms with Crippen molar-refractivity contribution in [3.8, 4) is 0 Å². The van der Waals surface area contributed by atoms with Crippen LogP contribution in [0.15, 0.2) is 24.3 Å². The second-order valence-electron chi connectivity index (χ2n) is 6.24. The number of nitrogens with one attached hydrogen (secondary N) is 1. The average molecular weight is 358 g/mol. The smallest absolute Gasteiger partial charge is 0.220 e. The van der Waals surface area contributed by atoms with E-state index in [1.54, 1.807) is 0 Å². The summed E-state index contributed by atoms with van der Waals surface area (Å²) >= 11 is 5.93. The van der Waals surface area contributed by atoms with Crippen molar-refractivity contribution < 1.29 is 13.2 Å². The summed E-state index contributed by atoms with van der Waals surface area (Å²) < 4.78 is 22.7. The van der Waals surface area contributed by atoms with Gasteiger partial charge in [0.05, 0.1) is 11.5 Å². The minimum absolute atomic E-state index is 0.0612. The second-order valence-corrected chi connectivity index (χ2v) is 8.91. The molecule has 0 aliphatic carbocycles. The molecule has 1 aromatic rings. The molecule has 0 spiro atoms. The molecule has 1 amide bonds. The Bertz CT molecular complexity index is 630. The van der Waals surface area contributed by atoms with E-state index < -0.39 is 9.84 Å². The van der Waals surface area contributed by atoms with E-state index in [4.69, 9.17) is 11.6 Å². The van der Waals surface area contributed by atoms with Gasteiger partial charge in [0.2, 0.25) is 5.91 Å². The highest BCUT2D eigenvalue weighted by atomic mass is 35.5. The molecule has 0 radical (unpaired) electrons. The van der Waals surface area contributed by atoms with Crippen LogP contribution in [0.4, 0.5) is 0 Å². The lowest BCUT2D eigenvalue weighted by atomic mass is 10.0. The molecule has 6 heteroatoms. The van der Waals surface area contributed by atoms with Gasteiger partial charge in [-0.1, -0.05) is 23.7 Å². The van der Waals surface area contributed by atoms with E-state index in [1.807, 2.05) is 24.3 Å².